The van der Waals surface area contributed by atoms with Gasteiger partial charge in [-0.15, -0.1) is 0 Å². The van der Waals surface area contributed by atoms with Crippen LogP contribution in [0.15, 0.2) is 29.4 Å². The number of rotatable bonds is 4. The van der Waals surface area contributed by atoms with Crippen molar-refractivity contribution in [2.24, 2.45) is 5.16 Å². The Morgan fingerprint density at radius 1 is 1.31 bits per heavy atom. The monoisotopic (exact) mass is 220 g/mol. The molecule has 0 saturated carbocycles. The zero-order valence-corrected chi connectivity index (χ0v) is 9.78. The zero-order chi connectivity index (χ0) is 12.0. The molecule has 4 heteroatoms. The Bertz CT molecular complexity index is 383. The van der Waals surface area contributed by atoms with Crippen LogP contribution in [0.5, 0.6) is 0 Å². The average molecular weight is 220 g/mol. The molecule has 1 aromatic carbocycles. The Balaban J connectivity index is 2.74. The largest absolute Gasteiger partial charge is 0.396 e. The van der Waals surface area contributed by atoms with E-state index in [9.17, 15) is 4.79 Å². The van der Waals surface area contributed by atoms with Gasteiger partial charge in [-0.05, 0) is 31.5 Å². The first-order chi connectivity index (χ1) is 7.63. The van der Waals surface area contributed by atoms with Crippen LogP contribution in [0.3, 0.4) is 0 Å². The number of nitrogens with zero attached hydrogens (tertiary/aromatic N) is 1. The zero-order valence-electron chi connectivity index (χ0n) is 9.78. The van der Waals surface area contributed by atoms with Crippen molar-refractivity contribution < 1.29 is 9.63 Å². The van der Waals surface area contributed by atoms with Gasteiger partial charge in [0.2, 0.25) is 5.91 Å². The molecule has 1 N–H and O–H groups in total. The Hall–Kier alpha value is -1.84. The van der Waals surface area contributed by atoms with Gasteiger partial charge >= 0.3 is 0 Å². The predicted octanol–water partition coefficient (Wildman–Crippen LogP) is 2.41. The van der Waals surface area contributed by atoms with E-state index in [-0.39, 0.29) is 5.91 Å². The number of nitrogens with one attached hydrogen (secondary N) is 1. The smallest absolute Gasteiger partial charge is 0.221 e. The van der Waals surface area contributed by atoms with Crippen molar-refractivity contribution in [3.05, 3.63) is 29.8 Å². The van der Waals surface area contributed by atoms with Crippen molar-refractivity contribution in [3.8, 4) is 0 Å². The number of oxime groups is 1. The molecule has 0 aliphatic carbocycles. The number of hydrogen-bond acceptors (Lipinski definition) is 3. The van der Waals surface area contributed by atoms with Crippen LogP contribution in [0.25, 0.3) is 0 Å². The third kappa shape index (κ3) is 3.73. The summed E-state index contributed by atoms with van der Waals surface area (Å²) in [4.78, 5) is 15.8. The first kappa shape index (κ1) is 12.2. The van der Waals surface area contributed by atoms with Gasteiger partial charge in [-0.25, -0.2) is 0 Å². The number of anilines is 1. The van der Waals surface area contributed by atoms with Crippen molar-refractivity contribution in [3.63, 3.8) is 0 Å². The van der Waals surface area contributed by atoms with E-state index in [2.05, 4.69) is 10.5 Å². The fraction of sp³-hybridized carbons (Fsp3) is 0.333. The normalized spacial score (nSPS) is 11.1. The molecule has 0 saturated heterocycles. The SMILES string of the molecule is CCO/N=C(/C)c1ccc(NC(C)=O)cc1. The molecular weight excluding hydrogens is 204 g/mol. The highest BCUT2D eigenvalue weighted by Crippen LogP contribution is 2.10. The van der Waals surface area contributed by atoms with Crippen molar-refractivity contribution in [2.45, 2.75) is 20.8 Å². The van der Waals surface area contributed by atoms with Crippen molar-refractivity contribution >= 4 is 17.3 Å². The van der Waals surface area contributed by atoms with E-state index in [0.29, 0.717) is 6.61 Å². The Labute approximate surface area is 95.3 Å². The van der Waals surface area contributed by atoms with Crippen LogP contribution in [0, 0.1) is 0 Å². The Morgan fingerprint density at radius 3 is 2.44 bits per heavy atom. The molecule has 0 radical (unpaired) electrons. The highest BCUT2D eigenvalue weighted by Gasteiger charge is 1.99. The summed E-state index contributed by atoms with van der Waals surface area (Å²) in [6.45, 7) is 5.80. The number of carbonyl (C=O) groups excluding carboxylic acids is 1. The standard InChI is InChI=1S/C12H16N2O2/c1-4-16-14-9(2)11-5-7-12(8-6-11)13-10(3)15/h5-8H,4H2,1-3H3,(H,13,15)/b14-9-. The van der Waals surface area contributed by atoms with E-state index in [1.165, 1.54) is 6.92 Å². The third-order valence-corrected chi connectivity index (χ3v) is 1.95. The fourth-order valence-electron chi connectivity index (χ4n) is 1.21. The van der Waals surface area contributed by atoms with Crippen LogP contribution >= 0.6 is 0 Å². The average Bonchev–Trinajstić information content (AvgIpc) is 2.26. The predicted molar refractivity (Wildman–Crippen MR) is 64.6 cm³/mol. The molecule has 0 atom stereocenters. The van der Waals surface area contributed by atoms with E-state index >= 15 is 0 Å². The quantitative estimate of drug-likeness (QED) is 0.625. The molecule has 16 heavy (non-hydrogen) atoms. The minimum Gasteiger partial charge on any atom is -0.396 e. The highest BCUT2D eigenvalue weighted by atomic mass is 16.6. The van der Waals surface area contributed by atoms with Crippen LogP contribution < -0.4 is 5.32 Å². The molecule has 0 fully saturated rings. The van der Waals surface area contributed by atoms with Gasteiger partial charge in [0, 0.05) is 12.6 Å². The molecule has 1 rings (SSSR count). The fourth-order valence-corrected chi connectivity index (χ4v) is 1.21. The van der Waals surface area contributed by atoms with Gasteiger partial charge in [-0.1, -0.05) is 17.3 Å². The molecular formula is C12H16N2O2. The maximum absolute atomic E-state index is 10.8. The molecule has 1 amide bonds. The second-order valence-electron chi connectivity index (χ2n) is 3.35. The lowest BCUT2D eigenvalue weighted by molar-refractivity contribution is -0.114. The van der Waals surface area contributed by atoms with Gasteiger partial charge in [0.1, 0.15) is 6.61 Å². The van der Waals surface area contributed by atoms with E-state index in [4.69, 9.17) is 4.84 Å². The number of benzene rings is 1. The Morgan fingerprint density at radius 2 is 1.94 bits per heavy atom. The maximum atomic E-state index is 10.8. The van der Waals surface area contributed by atoms with Gasteiger partial charge < -0.3 is 10.2 Å². The molecule has 1 aromatic rings. The molecule has 0 aromatic heterocycles. The van der Waals surface area contributed by atoms with Crippen LogP contribution in [0.4, 0.5) is 5.69 Å². The van der Waals surface area contributed by atoms with E-state index in [1.807, 2.05) is 38.1 Å². The van der Waals surface area contributed by atoms with Gasteiger partial charge in [-0.2, -0.15) is 0 Å². The molecule has 0 aliphatic rings. The van der Waals surface area contributed by atoms with E-state index in [0.717, 1.165) is 17.0 Å². The molecule has 86 valence electrons. The summed E-state index contributed by atoms with van der Waals surface area (Å²) in [6.07, 6.45) is 0. The molecule has 4 nitrogen and oxygen atoms in total. The van der Waals surface area contributed by atoms with Gasteiger partial charge in [0.15, 0.2) is 0 Å². The summed E-state index contributed by atoms with van der Waals surface area (Å²) in [6, 6.07) is 7.45. The van der Waals surface area contributed by atoms with Crippen molar-refractivity contribution in [1.82, 2.24) is 0 Å². The Kier molecular flexibility index (Phi) is 4.51. The number of hydrogen-bond donors (Lipinski definition) is 1. The lowest BCUT2D eigenvalue weighted by Crippen LogP contribution is -2.06. The summed E-state index contributed by atoms with van der Waals surface area (Å²) in [5, 5.41) is 6.64. The summed E-state index contributed by atoms with van der Waals surface area (Å²) < 4.78 is 0. The molecule has 0 spiro atoms. The molecule has 0 aliphatic heterocycles. The van der Waals surface area contributed by atoms with E-state index in [1.54, 1.807) is 0 Å². The van der Waals surface area contributed by atoms with E-state index < -0.39 is 0 Å². The van der Waals surface area contributed by atoms with Crippen LogP contribution in [-0.4, -0.2) is 18.2 Å². The van der Waals surface area contributed by atoms with Gasteiger partial charge in [-0.3, -0.25) is 4.79 Å². The number of amides is 1. The van der Waals surface area contributed by atoms with Crippen molar-refractivity contribution in [2.75, 3.05) is 11.9 Å². The lowest BCUT2D eigenvalue weighted by atomic mass is 10.1. The second-order valence-corrected chi connectivity index (χ2v) is 3.35. The highest BCUT2D eigenvalue weighted by molar-refractivity contribution is 5.99. The molecule has 0 heterocycles. The minimum absolute atomic E-state index is 0.0764. The van der Waals surface area contributed by atoms with Crippen molar-refractivity contribution in [1.29, 1.82) is 0 Å². The summed E-state index contributed by atoms with van der Waals surface area (Å²) in [5.74, 6) is -0.0764. The summed E-state index contributed by atoms with van der Waals surface area (Å²) in [5.41, 5.74) is 2.57. The third-order valence-electron chi connectivity index (χ3n) is 1.95. The first-order valence-corrected chi connectivity index (χ1v) is 5.18. The van der Waals surface area contributed by atoms with Gasteiger partial charge in [0.25, 0.3) is 0 Å². The minimum atomic E-state index is -0.0764. The second kappa shape index (κ2) is 5.90. The number of carbonyl (C=O) groups is 1. The first-order valence-electron chi connectivity index (χ1n) is 5.18. The van der Waals surface area contributed by atoms with Crippen LogP contribution in [0.1, 0.15) is 26.3 Å². The van der Waals surface area contributed by atoms with Crippen LogP contribution in [-0.2, 0) is 9.63 Å². The maximum Gasteiger partial charge on any atom is 0.221 e. The molecule has 0 bridgehead atoms. The topological polar surface area (TPSA) is 50.7 Å². The lowest BCUT2D eigenvalue weighted by Gasteiger charge is -2.04. The van der Waals surface area contributed by atoms with Crippen LogP contribution in [0.2, 0.25) is 0 Å². The summed E-state index contributed by atoms with van der Waals surface area (Å²) in [7, 11) is 0. The molecule has 0 unspecified atom stereocenters. The van der Waals surface area contributed by atoms with Gasteiger partial charge in [0.05, 0.1) is 5.71 Å². The summed E-state index contributed by atoms with van der Waals surface area (Å²) >= 11 is 0.